The van der Waals surface area contributed by atoms with Gasteiger partial charge >= 0.3 is 0 Å². The molecule has 0 saturated carbocycles. The van der Waals surface area contributed by atoms with Crippen molar-refractivity contribution in [1.82, 2.24) is 14.7 Å². The van der Waals surface area contributed by atoms with Crippen molar-refractivity contribution < 1.29 is 9.90 Å². The second-order valence-electron chi connectivity index (χ2n) is 8.43. The van der Waals surface area contributed by atoms with Crippen molar-refractivity contribution in [2.45, 2.75) is 63.6 Å². The fourth-order valence-electron chi connectivity index (χ4n) is 4.88. The maximum absolute atomic E-state index is 13.2. The number of rotatable bonds is 3. The summed E-state index contributed by atoms with van der Waals surface area (Å²) in [4.78, 5) is 15.1. The molecule has 1 aromatic carbocycles. The molecular weight excluding hydrogens is 352 g/mol. The summed E-state index contributed by atoms with van der Waals surface area (Å²) in [5.74, 6) is 0.316. The highest BCUT2D eigenvalue weighted by Crippen LogP contribution is 2.50. The molecule has 6 heteroatoms. The Kier molecular flexibility index (Phi) is 4.79. The summed E-state index contributed by atoms with van der Waals surface area (Å²) < 4.78 is 1.80. The van der Waals surface area contributed by atoms with Crippen LogP contribution in [0.1, 0.15) is 72.9 Å². The summed E-state index contributed by atoms with van der Waals surface area (Å²) in [6.45, 7) is 8.08. The van der Waals surface area contributed by atoms with E-state index >= 15 is 0 Å². The number of fused-ring (bicyclic) bond motifs is 2. The molecule has 2 heterocycles. The average molecular weight is 383 g/mol. The number of nitrogens with two attached hydrogens (primary N) is 1. The number of hydrogen-bond acceptors (Lipinski definition) is 4. The standard InChI is InChI=1S/C22H30N4O2/c1-4-26-18(13-17(24-26)14(2)3)21(28)25-11-9-22(10-12-25)16-8-6-5-7-15(16)19(23)20(22)27/h5-8,13-14,19-20,27H,4,9-12,23H2,1-3H3/t19-,20+/m1/s1. The Bertz CT molecular complexity index is 880. The highest BCUT2D eigenvalue weighted by molar-refractivity contribution is 5.93. The van der Waals surface area contributed by atoms with Gasteiger partial charge in [-0.25, -0.2) is 0 Å². The first-order valence-electron chi connectivity index (χ1n) is 10.3. The van der Waals surface area contributed by atoms with E-state index in [1.54, 1.807) is 4.68 Å². The largest absolute Gasteiger partial charge is 0.390 e. The number of aromatic nitrogens is 2. The maximum atomic E-state index is 13.2. The second kappa shape index (κ2) is 7.01. The van der Waals surface area contributed by atoms with E-state index in [1.165, 1.54) is 0 Å². The van der Waals surface area contributed by atoms with Crippen LogP contribution in [0.25, 0.3) is 0 Å². The Balaban J connectivity index is 1.56. The minimum absolute atomic E-state index is 0.0289. The Morgan fingerprint density at radius 3 is 2.64 bits per heavy atom. The smallest absolute Gasteiger partial charge is 0.272 e. The fraction of sp³-hybridized carbons (Fsp3) is 0.545. The first-order valence-corrected chi connectivity index (χ1v) is 10.3. The lowest BCUT2D eigenvalue weighted by Crippen LogP contribution is -2.50. The van der Waals surface area contributed by atoms with Crippen molar-refractivity contribution in [2.24, 2.45) is 5.73 Å². The monoisotopic (exact) mass is 382 g/mol. The van der Waals surface area contributed by atoms with Gasteiger partial charge < -0.3 is 15.7 Å². The summed E-state index contributed by atoms with van der Waals surface area (Å²) in [5.41, 5.74) is 9.77. The molecule has 1 amide bonds. The van der Waals surface area contributed by atoms with Gasteiger partial charge in [-0.1, -0.05) is 38.1 Å². The van der Waals surface area contributed by atoms with Crippen molar-refractivity contribution in [2.75, 3.05) is 13.1 Å². The SMILES string of the molecule is CCn1nc(C(C)C)cc1C(=O)N1CCC2(CC1)c1ccccc1[C@@H](N)[C@@H]2O. The first-order chi connectivity index (χ1) is 13.4. The first kappa shape index (κ1) is 19.2. The van der Waals surface area contributed by atoms with Gasteiger partial charge in [-0.15, -0.1) is 0 Å². The van der Waals surface area contributed by atoms with Gasteiger partial charge in [-0.2, -0.15) is 5.10 Å². The number of amides is 1. The van der Waals surface area contributed by atoms with Crippen LogP contribution < -0.4 is 5.73 Å². The molecule has 2 aliphatic rings. The third-order valence-electron chi connectivity index (χ3n) is 6.61. The lowest BCUT2D eigenvalue weighted by Gasteiger charge is -2.42. The van der Waals surface area contributed by atoms with Gasteiger partial charge in [0.25, 0.3) is 5.91 Å². The lowest BCUT2D eigenvalue weighted by molar-refractivity contribution is 0.0258. The van der Waals surface area contributed by atoms with E-state index in [2.05, 4.69) is 25.0 Å². The lowest BCUT2D eigenvalue weighted by atomic mass is 9.72. The van der Waals surface area contributed by atoms with E-state index in [0.29, 0.717) is 25.3 Å². The van der Waals surface area contributed by atoms with Crippen molar-refractivity contribution in [3.8, 4) is 0 Å². The Morgan fingerprint density at radius 1 is 1.32 bits per heavy atom. The van der Waals surface area contributed by atoms with Gasteiger partial charge in [0.1, 0.15) is 5.69 Å². The summed E-state index contributed by atoms with van der Waals surface area (Å²) in [5, 5.41) is 15.5. The number of carbonyl (C=O) groups excluding carboxylic acids is 1. The number of aliphatic hydroxyl groups is 1. The Hall–Kier alpha value is -2.18. The van der Waals surface area contributed by atoms with Crippen LogP contribution in [-0.2, 0) is 12.0 Å². The van der Waals surface area contributed by atoms with E-state index in [-0.39, 0.29) is 23.3 Å². The third kappa shape index (κ3) is 2.78. The van der Waals surface area contributed by atoms with Crippen LogP contribution in [0.5, 0.6) is 0 Å². The summed E-state index contributed by atoms with van der Waals surface area (Å²) in [7, 11) is 0. The number of piperidine rings is 1. The second-order valence-corrected chi connectivity index (χ2v) is 8.43. The van der Waals surface area contributed by atoms with Gasteiger partial charge in [-0.3, -0.25) is 9.48 Å². The van der Waals surface area contributed by atoms with Crippen LogP contribution in [0, 0.1) is 0 Å². The van der Waals surface area contributed by atoms with Crippen LogP contribution in [0.15, 0.2) is 30.3 Å². The van der Waals surface area contributed by atoms with Crippen molar-refractivity contribution >= 4 is 5.91 Å². The maximum Gasteiger partial charge on any atom is 0.272 e. The van der Waals surface area contributed by atoms with Crippen molar-refractivity contribution in [3.05, 3.63) is 52.8 Å². The molecule has 6 nitrogen and oxygen atoms in total. The number of hydrogen-bond donors (Lipinski definition) is 2. The molecule has 1 aromatic heterocycles. The number of aliphatic hydroxyl groups excluding tert-OH is 1. The number of aryl methyl sites for hydroxylation is 1. The molecule has 28 heavy (non-hydrogen) atoms. The molecule has 1 spiro atoms. The average Bonchev–Trinajstić information content (AvgIpc) is 3.24. The van der Waals surface area contributed by atoms with Gasteiger partial charge in [0, 0.05) is 25.0 Å². The predicted octanol–water partition coefficient (Wildman–Crippen LogP) is 2.57. The molecule has 0 bridgehead atoms. The number of likely N-dealkylation sites (tertiary alicyclic amines) is 1. The molecule has 1 saturated heterocycles. The van der Waals surface area contributed by atoms with Gasteiger partial charge in [-0.05, 0) is 42.9 Å². The zero-order valence-corrected chi connectivity index (χ0v) is 16.9. The zero-order valence-electron chi connectivity index (χ0n) is 16.9. The minimum atomic E-state index is -0.601. The normalized spacial score (nSPS) is 23.4. The van der Waals surface area contributed by atoms with E-state index in [1.807, 2.05) is 36.1 Å². The quantitative estimate of drug-likeness (QED) is 0.854. The Labute approximate surface area is 166 Å². The fourth-order valence-corrected chi connectivity index (χ4v) is 4.88. The Morgan fingerprint density at radius 2 is 2.00 bits per heavy atom. The van der Waals surface area contributed by atoms with Gasteiger partial charge in [0.05, 0.1) is 17.8 Å². The molecule has 0 radical (unpaired) electrons. The van der Waals surface area contributed by atoms with E-state index < -0.39 is 6.10 Å². The van der Waals surface area contributed by atoms with Crippen molar-refractivity contribution in [1.29, 1.82) is 0 Å². The number of nitrogens with zero attached hydrogens (tertiary/aromatic N) is 3. The molecule has 150 valence electrons. The molecule has 3 N–H and O–H groups in total. The highest BCUT2D eigenvalue weighted by atomic mass is 16.3. The van der Waals surface area contributed by atoms with Crippen LogP contribution in [0.4, 0.5) is 0 Å². The zero-order chi connectivity index (χ0) is 20.1. The predicted molar refractivity (Wildman–Crippen MR) is 108 cm³/mol. The molecule has 1 aliphatic heterocycles. The molecule has 2 atom stereocenters. The highest BCUT2D eigenvalue weighted by Gasteiger charge is 2.51. The number of carbonyl (C=O) groups is 1. The molecule has 1 aliphatic carbocycles. The van der Waals surface area contributed by atoms with Crippen LogP contribution in [0.2, 0.25) is 0 Å². The van der Waals surface area contributed by atoms with Crippen molar-refractivity contribution in [3.63, 3.8) is 0 Å². The van der Waals surface area contributed by atoms with E-state index in [4.69, 9.17) is 5.73 Å². The van der Waals surface area contributed by atoms with Crippen LogP contribution in [-0.4, -0.2) is 44.9 Å². The van der Waals surface area contributed by atoms with Crippen LogP contribution >= 0.6 is 0 Å². The van der Waals surface area contributed by atoms with E-state index in [0.717, 1.165) is 29.7 Å². The van der Waals surface area contributed by atoms with Gasteiger partial charge in [0.2, 0.25) is 0 Å². The third-order valence-corrected chi connectivity index (χ3v) is 6.61. The summed E-state index contributed by atoms with van der Waals surface area (Å²) >= 11 is 0. The van der Waals surface area contributed by atoms with Gasteiger partial charge in [0.15, 0.2) is 0 Å². The molecule has 1 fully saturated rings. The summed E-state index contributed by atoms with van der Waals surface area (Å²) in [6.07, 6.45) is 0.847. The van der Waals surface area contributed by atoms with E-state index in [9.17, 15) is 9.90 Å². The summed E-state index contributed by atoms with van der Waals surface area (Å²) in [6, 6.07) is 9.66. The van der Waals surface area contributed by atoms with Crippen LogP contribution in [0.3, 0.4) is 0 Å². The minimum Gasteiger partial charge on any atom is -0.390 e. The molecule has 2 aromatic rings. The molecule has 0 unspecified atom stereocenters. The topological polar surface area (TPSA) is 84.4 Å². The number of benzene rings is 1. The molecule has 4 rings (SSSR count). The molecular formula is C22H30N4O2.